The van der Waals surface area contributed by atoms with Crippen molar-refractivity contribution in [3.63, 3.8) is 0 Å². The van der Waals surface area contributed by atoms with E-state index in [2.05, 4.69) is 9.98 Å². The summed E-state index contributed by atoms with van der Waals surface area (Å²) in [6, 6.07) is 0. The number of nitro groups is 1. The van der Waals surface area contributed by atoms with Crippen LogP contribution >= 0.6 is 11.8 Å². The Kier molecular flexibility index (Phi) is 1.95. The van der Waals surface area contributed by atoms with Crippen molar-refractivity contribution in [2.75, 3.05) is 0 Å². The maximum absolute atomic E-state index is 11.3. The van der Waals surface area contributed by atoms with Gasteiger partial charge in [0.1, 0.15) is 17.3 Å². The molecule has 1 amide bonds. The molecule has 2 aliphatic rings. The fourth-order valence-electron chi connectivity index (χ4n) is 1.34. The second-order valence-electron chi connectivity index (χ2n) is 2.83. The molecule has 0 aliphatic carbocycles. The molecule has 0 aromatic heterocycles. The highest BCUT2D eigenvalue weighted by molar-refractivity contribution is 8.17. The third-order valence-corrected chi connectivity index (χ3v) is 3.22. The summed E-state index contributed by atoms with van der Waals surface area (Å²) in [5, 5.41) is 11.0. The van der Waals surface area contributed by atoms with Crippen molar-refractivity contribution in [3.05, 3.63) is 20.7 Å². The first kappa shape index (κ1) is 9.07. The van der Waals surface area contributed by atoms with Gasteiger partial charge >= 0.3 is 5.03 Å². The van der Waals surface area contributed by atoms with Crippen LogP contribution in [0.5, 0.6) is 0 Å². The number of nitrogens with zero attached hydrogens (tertiary/aromatic N) is 3. The SMILES string of the molecule is CC1=C([N+](=O)[O-])SC2=NC=NC(=O)C21. The van der Waals surface area contributed by atoms with Gasteiger partial charge in [-0.3, -0.25) is 14.9 Å². The minimum Gasteiger partial charge on any atom is -0.271 e. The number of hydrogen-bond acceptors (Lipinski definition) is 5. The van der Waals surface area contributed by atoms with Gasteiger partial charge in [0.05, 0.1) is 4.92 Å². The lowest BCUT2D eigenvalue weighted by Gasteiger charge is -2.08. The summed E-state index contributed by atoms with van der Waals surface area (Å²) in [6.45, 7) is 1.57. The summed E-state index contributed by atoms with van der Waals surface area (Å²) in [5.74, 6) is -0.998. The molecule has 0 aromatic rings. The molecule has 0 bridgehead atoms. The van der Waals surface area contributed by atoms with E-state index in [1.807, 2.05) is 0 Å². The summed E-state index contributed by atoms with van der Waals surface area (Å²) >= 11 is 0.933. The Labute approximate surface area is 83.0 Å². The third-order valence-electron chi connectivity index (χ3n) is 2.00. The van der Waals surface area contributed by atoms with E-state index in [-0.39, 0.29) is 10.9 Å². The van der Waals surface area contributed by atoms with Gasteiger partial charge in [0.15, 0.2) is 0 Å². The first-order valence-corrected chi connectivity index (χ1v) is 4.60. The van der Waals surface area contributed by atoms with Crippen molar-refractivity contribution < 1.29 is 9.72 Å². The molecule has 0 saturated carbocycles. The van der Waals surface area contributed by atoms with Gasteiger partial charge in [-0.2, -0.15) is 0 Å². The molecule has 0 N–H and O–H groups in total. The molecule has 0 fully saturated rings. The molecule has 2 aliphatic heterocycles. The Hall–Kier alpha value is -1.50. The van der Waals surface area contributed by atoms with E-state index in [9.17, 15) is 14.9 Å². The average molecular weight is 211 g/mol. The highest BCUT2D eigenvalue weighted by atomic mass is 32.2. The smallest absolute Gasteiger partial charge is 0.271 e. The second-order valence-corrected chi connectivity index (χ2v) is 3.84. The van der Waals surface area contributed by atoms with E-state index >= 15 is 0 Å². The van der Waals surface area contributed by atoms with Crippen LogP contribution in [0.25, 0.3) is 0 Å². The number of amides is 1. The fourth-order valence-corrected chi connectivity index (χ4v) is 2.38. The minimum atomic E-state index is -0.620. The summed E-state index contributed by atoms with van der Waals surface area (Å²) in [5.41, 5.74) is 0.431. The Balaban J connectivity index is 2.45. The lowest BCUT2D eigenvalue weighted by molar-refractivity contribution is -0.411. The van der Waals surface area contributed by atoms with Crippen molar-refractivity contribution in [2.24, 2.45) is 15.9 Å². The van der Waals surface area contributed by atoms with E-state index < -0.39 is 10.8 Å². The minimum absolute atomic E-state index is 0.00685. The predicted molar refractivity (Wildman–Crippen MR) is 51.7 cm³/mol. The van der Waals surface area contributed by atoms with Gasteiger partial charge in [-0.15, -0.1) is 0 Å². The second kappa shape index (κ2) is 3.02. The molecule has 2 heterocycles. The van der Waals surface area contributed by atoms with Crippen molar-refractivity contribution in [2.45, 2.75) is 6.92 Å². The highest BCUT2D eigenvalue weighted by Crippen LogP contribution is 2.39. The Morgan fingerprint density at radius 1 is 1.64 bits per heavy atom. The topological polar surface area (TPSA) is 84.9 Å². The fraction of sp³-hybridized carbons (Fsp3) is 0.286. The van der Waals surface area contributed by atoms with Crippen LogP contribution in [0.1, 0.15) is 6.92 Å². The van der Waals surface area contributed by atoms with Crippen LogP contribution in [0.3, 0.4) is 0 Å². The number of fused-ring (bicyclic) bond motifs is 1. The van der Waals surface area contributed by atoms with Gasteiger partial charge < -0.3 is 0 Å². The molecule has 2 rings (SSSR count). The zero-order chi connectivity index (χ0) is 10.3. The molecule has 1 unspecified atom stereocenters. The number of aliphatic imine (C=N–C) groups is 2. The normalized spacial score (nSPS) is 25.1. The molecular formula is C7H5N3O3S. The Bertz CT molecular complexity index is 424. The van der Waals surface area contributed by atoms with Crippen molar-refractivity contribution in [1.82, 2.24) is 0 Å². The molecule has 14 heavy (non-hydrogen) atoms. The molecule has 1 atom stereocenters. The summed E-state index contributed by atoms with van der Waals surface area (Å²) in [6.07, 6.45) is 1.14. The zero-order valence-electron chi connectivity index (χ0n) is 7.13. The van der Waals surface area contributed by atoms with Crippen LogP contribution in [-0.4, -0.2) is 22.2 Å². The summed E-state index contributed by atoms with van der Waals surface area (Å²) < 4.78 is 0. The van der Waals surface area contributed by atoms with Crippen LogP contribution in [0, 0.1) is 16.0 Å². The Morgan fingerprint density at radius 3 is 2.93 bits per heavy atom. The summed E-state index contributed by atoms with van der Waals surface area (Å²) in [4.78, 5) is 28.7. The van der Waals surface area contributed by atoms with Gasteiger partial charge in [0, 0.05) is 17.3 Å². The first-order chi connectivity index (χ1) is 6.61. The third kappa shape index (κ3) is 1.17. The van der Waals surface area contributed by atoms with E-state index in [1.165, 1.54) is 0 Å². The van der Waals surface area contributed by atoms with Crippen LogP contribution in [-0.2, 0) is 4.79 Å². The van der Waals surface area contributed by atoms with Gasteiger partial charge in [-0.05, 0) is 6.92 Å². The molecule has 0 radical (unpaired) electrons. The number of thioether (sulfide) groups is 1. The van der Waals surface area contributed by atoms with Crippen molar-refractivity contribution >= 4 is 29.1 Å². The standard InChI is InChI=1S/C7H5N3O3S/c1-3-4-5(11)8-2-9-6(4)14-7(3)10(12)13/h2,4H,1H3. The molecule has 7 heteroatoms. The maximum Gasteiger partial charge on any atom is 0.309 e. The molecule has 0 spiro atoms. The number of rotatable bonds is 1. The van der Waals surface area contributed by atoms with Gasteiger partial charge in [-0.25, -0.2) is 9.98 Å². The number of carbonyl (C=O) groups is 1. The van der Waals surface area contributed by atoms with Gasteiger partial charge in [-0.1, -0.05) is 0 Å². The zero-order valence-corrected chi connectivity index (χ0v) is 7.95. The van der Waals surface area contributed by atoms with E-state index in [0.717, 1.165) is 18.1 Å². The van der Waals surface area contributed by atoms with Crippen molar-refractivity contribution in [1.29, 1.82) is 0 Å². The molecule has 0 saturated heterocycles. The van der Waals surface area contributed by atoms with Crippen LogP contribution in [0.15, 0.2) is 20.6 Å². The quantitative estimate of drug-likeness (QED) is 0.474. The average Bonchev–Trinajstić information content (AvgIpc) is 2.45. The first-order valence-electron chi connectivity index (χ1n) is 3.78. The van der Waals surface area contributed by atoms with Gasteiger partial charge in [0.2, 0.25) is 0 Å². The lowest BCUT2D eigenvalue weighted by Crippen LogP contribution is -2.21. The molecule has 72 valence electrons. The molecule has 0 aromatic carbocycles. The lowest BCUT2D eigenvalue weighted by atomic mass is 10.0. The van der Waals surface area contributed by atoms with Crippen LogP contribution in [0.2, 0.25) is 0 Å². The molecular weight excluding hydrogens is 206 g/mol. The van der Waals surface area contributed by atoms with Gasteiger partial charge in [0.25, 0.3) is 5.91 Å². The van der Waals surface area contributed by atoms with Crippen molar-refractivity contribution in [3.8, 4) is 0 Å². The Morgan fingerprint density at radius 2 is 2.36 bits per heavy atom. The number of hydrogen-bond donors (Lipinski definition) is 0. The van der Waals surface area contributed by atoms with E-state index in [1.54, 1.807) is 6.92 Å². The van der Waals surface area contributed by atoms with Crippen LogP contribution in [0.4, 0.5) is 0 Å². The van der Waals surface area contributed by atoms with E-state index in [0.29, 0.717) is 10.6 Å². The number of carbonyl (C=O) groups excluding carboxylic acids is 1. The summed E-state index contributed by atoms with van der Waals surface area (Å²) in [7, 11) is 0. The largest absolute Gasteiger partial charge is 0.309 e. The monoisotopic (exact) mass is 211 g/mol. The van der Waals surface area contributed by atoms with E-state index in [4.69, 9.17) is 0 Å². The molecule has 6 nitrogen and oxygen atoms in total. The predicted octanol–water partition coefficient (Wildman–Crippen LogP) is 0.825. The maximum atomic E-state index is 11.3. The van der Waals surface area contributed by atoms with Crippen LogP contribution < -0.4 is 0 Å². The highest BCUT2D eigenvalue weighted by Gasteiger charge is 2.42.